The van der Waals surface area contributed by atoms with Crippen molar-refractivity contribution in [2.45, 2.75) is 39.5 Å². The van der Waals surface area contributed by atoms with Crippen LogP contribution in [0, 0.1) is 12.8 Å². The summed E-state index contributed by atoms with van der Waals surface area (Å²) in [6.07, 6.45) is 0.785. The van der Waals surface area contributed by atoms with E-state index in [-0.39, 0.29) is 17.2 Å². The molecule has 0 heterocycles. The zero-order valence-electron chi connectivity index (χ0n) is 12.5. The van der Waals surface area contributed by atoms with Gasteiger partial charge >= 0.3 is 0 Å². The number of amides is 1. The van der Waals surface area contributed by atoms with Crippen molar-refractivity contribution in [2.24, 2.45) is 11.7 Å². The summed E-state index contributed by atoms with van der Waals surface area (Å²) in [5, 5.41) is 3.02. The number of nitrogens with two attached hydrogens (primary N) is 1. The van der Waals surface area contributed by atoms with E-state index in [2.05, 4.69) is 50.4 Å². The molecule has 0 fully saturated rings. The molecule has 0 aliphatic rings. The zero-order valence-corrected chi connectivity index (χ0v) is 12.5. The van der Waals surface area contributed by atoms with Crippen molar-refractivity contribution < 1.29 is 4.79 Å². The van der Waals surface area contributed by atoms with Gasteiger partial charge in [0.25, 0.3) is 0 Å². The molecule has 0 aliphatic heterocycles. The minimum Gasteiger partial charge on any atom is -0.355 e. The summed E-state index contributed by atoms with van der Waals surface area (Å²) in [4.78, 5) is 11.9. The minimum atomic E-state index is -0.0752. The molecule has 1 aromatic rings. The van der Waals surface area contributed by atoms with Crippen LogP contribution in [0.15, 0.2) is 24.3 Å². The molecular weight excluding hydrogens is 236 g/mol. The third-order valence-electron chi connectivity index (χ3n) is 3.69. The highest BCUT2D eigenvalue weighted by atomic mass is 16.1. The molecule has 0 aromatic heterocycles. The van der Waals surface area contributed by atoms with Gasteiger partial charge in [-0.25, -0.2) is 0 Å². The topological polar surface area (TPSA) is 55.1 Å². The number of hydrogen-bond acceptors (Lipinski definition) is 2. The largest absolute Gasteiger partial charge is 0.355 e. The number of carbonyl (C=O) groups is 1. The van der Waals surface area contributed by atoms with Crippen LogP contribution in [0.5, 0.6) is 0 Å². The molecule has 3 heteroatoms. The molecule has 1 aromatic carbocycles. The van der Waals surface area contributed by atoms with Gasteiger partial charge < -0.3 is 11.1 Å². The van der Waals surface area contributed by atoms with E-state index in [1.807, 2.05) is 6.92 Å². The predicted octanol–water partition coefficient (Wildman–Crippen LogP) is 2.37. The molecule has 1 amide bonds. The average molecular weight is 262 g/mol. The lowest BCUT2D eigenvalue weighted by atomic mass is 9.84. The van der Waals surface area contributed by atoms with E-state index in [9.17, 15) is 4.79 Å². The zero-order chi connectivity index (χ0) is 14.5. The fraction of sp³-hybridized carbons (Fsp3) is 0.562. The number of nitrogens with one attached hydrogen (secondary N) is 1. The van der Waals surface area contributed by atoms with Gasteiger partial charge in [-0.05, 0) is 18.9 Å². The Balaban J connectivity index is 2.65. The summed E-state index contributed by atoms with van der Waals surface area (Å²) >= 11 is 0. The molecule has 106 valence electrons. The number of carbonyl (C=O) groups excluding carboxylic acids is 1. The van der Waals surface area contributed by atoms with E-state index < -0.39 is 0 Å². The van der Waals surface area contributed by atoms with Gasteiger partial charge in [-0.2, -0.15) is 0 Å². The molecule has 3 N–H and O–H groups in total. The van der Waals surface area contributed by atoms with Crippen molar-refractivity contribution in [1.29, 1.82) is 0 Å². The second-order valence-corrected chi connectivity index (χ2v) is 5.81. The van der Waals surface area contributed by atoms with Gasteiger partial charge in [0.15, 0.2) is 0 Å². The van der Waals surface area contributed by atoms with Gasteiger partial charge in [0.1, 0.15) is 0 Å². The Morgan fingerprint density at radius 2 is 1.89 bits per heavy atom. The van der Waals surface area contributed by atoms with Gasteiger partial charge in [0.05, 0.1) is 0 Å². The van der Waals surface area contributed by atoms with Gasteiger partial charge in [0.2, 0.25) is 5.91 Å². The quantitative estimate of drug-likeness (QED) is 0.827. The molecule has 19 heavy (non-hydrogen) atoms. The third-order valence-corrected chi connectivity index (χ3v) is 3.69. The Labute approximate surface area is 116 Å². The van der Waals surface area contributed by atoms with Gasteiger partial charge in [-0.15, -0.1) is 0 Å². The van der Waals surface area contributed by atoms with Gasteiger partial charge in [0, 0.05) is 24.4 Å². The number of rotatable bonds is 6. The molecule has 0 aliphatic carbocycles. The lowest BCUT2D eigenvalue weighted by molar-refractivity contribution is -0.125. The van der Waals surface area contributed by atoms with Crippen LogP contribution in [0.1, 0.15) is 38.3 Å². The molecule has 0 saturated heterocycles. The lowest BCUT2D eigenvalue weighted by Crippen LogP contribution is -2.41. The van der Waals surface area contributed by atoms with Crippen LogP contribution < -0.4 is 11.1 Å². The molecule has 0 spiro atoms. The molecule has 1 unspecified atom stereocenters. The van der Waals surface area contributed by atoms with E-state index in [1.54, 1.807) is 0 Å². The first-order valence-electron chi connectivity index (χ1n) is 6.95. The average Bonchev–Trinajstić information content (AvgIpc) is 2.38. The van der Waals surface area contributed by atoms with Crippen LogP contribution in [0.3, 0.4) is 0 Å². The Bertz CT molecular complexity index is 405. The highest BCUT2D eigenvalue weighted by Gasteiger charge is 2.23. The van der Waals surface area contributed by atoms with Crippen LogP contribution in [0.25, 0.3) is 0 Å². The molecular formula is C16H26N2O. The Morgan fingerprint density at radius 1 is 1.32 bits per heavy atom. The summed E-state index contributed by atoms with van der Waals surface area (Å²) in [7, 11) is 0. The first-order chi connectivity index (χ1) is 8.90. The Hall–Kier alpha value is -1.35. The van der Waals surface area contributed by atoms with Crippen molar-refractivity contribution in [1.82, 2.24) is 5.32 Å². The number of aryl methyl sites for hydroxylation is 1. The maximum atomic E-state index is 11.9. The second-order valence-electron chi connectivity index (χ2n) is 5.81. The fourth-order valence-corrected chi connectivity index (χ4v) is 2.02. The van der Waals surface area contributed by atoms with Crippen molar-refractivity contribution in [2.75, 3.05) is 13.1 Å². The maximum absolute atomic E-state index is 11.9. The van der Waals surface area contributed by atoms with E-state index in [0.717, 1.165) is 6.42 Å². The maximum Gasteiger partial charge on any atom is 0.224 e. The molecule has 0 radical (unpaired) electrons. The molecule has 0 saturated carbocycles. The Kier molecular flexibility index (Phi) is 5.55. The van der Waals surface area contributed by atoms with Crippen LogP contribution in [-0.2, 0) is 10.2 Å². The van der Waals surface area contributed by atoms with E-state index >= 15 is 0 Å². The smallest absolute Gasteiger partial charge is 0.224 e. The molecule has 0 bridgehead atoms. The monoisotopic (exact) mass is 262 g/mol. The van der Waals surface area contributed by atoms with Crippen LogP contribution >= 0.6 is 0 Å². The van der Waals surface area contributed by atoms with Gasteiger partial charge in [-0.1, -0.05) is 50.6 Å². The molecule has 3 nitrogen and oxygen atoms in total. The lowest BCUT2D eigenvalue weighted by Gasteiger charge is -2.27. The van der Waals surface area contributed by atoms with Crippen molar-refractivity contribution in [3.05, 3.63) is 35.4 Å². The predicted molar refractivity (Wildman–Crippen MR) is 80.1 cm³/mol. The highest BCUT2D eigenvalue weighted by Crippen LogP contribution is 2.22. The summed E-state index contributed by atoms with van der Waals surface area (Å²) in [5.74, 6) is -0.0148. The van der Waals surface area contributed by atoms with Crippen molar-refractivity contribution >= 4 is 5.91 Å². The SMILES string of the molecule is CCC(CN)C(=O)NCC(C)(C)c1ccc(C)cc1. The summed E-state index contributed by atoms with van der Waals surface area (Å²) in [6, 6.07) is 8.46. The summed E-state index contributed by atoms with van der Waals surface area (Å²) in [6.45, 7) is 9.38. The van der Waals surface area contributed by atoms with E-state index in [4.69, 9.17) is 5.73 Å². The summed E-state index contributed by atoms with van der Waals surface area (Å²) < 4.78 is 0. The minimum absolute atomic E-state index is 0.0604. The first kappa shape index (κ1) is 15.7. The van der Waals surface area contributed by atoms with E-state index in [1.165, 1.54) is 11.1 Å². The van der Waals surface area contributed by atoms with Crippen LogP contribution in [0.4, 0.5) is 0 Å². The Morgan fingerprint density at radius 3 is 2.37 bits per heavy atom. The van der Waals surface area contributed by atoms with Crippen molar-refractivity contribution in [3.63, 3.8) is 0 Å². The van der Waals surface area contributed by atoms with E-state index in [0.29, 0.717) is 13.1 Å². The second kappa shape index (κ2) is 6.71. The van der Waals surface area contributed by atoms with Gasteiger partial charge in [-0.3, -0.25) is 4.79 Å². The third kappa shape index (κ3) is 4.35. The number of benzene rings is 1. The normalized spacial score (nSPS) is 13.1. The highest BCUT2D eigenvalue weighted by molar-refractivity contribution is 5.78. The van der Waals surface area contributed by atoms with Crippen LogP contribution in [-0.4, -0.2) is 19.0 Å². The first-order valence-corrected chi connectivity index (χ1v) is 6.95. The van der Waals surface area contributed by atoms with Crippen molar-refractivity contribution in [3.8, 4) is 0 Å². The number of hydrogen-bond donors (Lipinski definition) is 2. The standard InChI is InChI=1S/C16H26N2O/c1-5-13(10-17)15(19)18-11-16(3,4)14-8-6-12(2)7-9-14/h6-9,13H,5,10-11,17H2,1-4H3,(H,18,19). The van der Waals surface area contributed by atoms with Crippen LogP contribution in [0.2, 0.25) is 0 Å². The summed E-state index contributed by atoms with van der Waals surface area (Å²) in [5.41, 5.74) is 8.00. The molecule has 1 atom stereocenters. The fourth-order valence-electron chi connectivity index (χ4n) is 2.02. The molecule has 1 rings (SSSR count).